The predicted molar refractivity (Wildman–Crippen MR) is 89.4 cm³/mol. The molecule has 3 rings (SSSR count). The monoisotopic (exact) mass is 316 g/mol. The van der Waals surface area contributed by atoms with Gasteiger partial charge in [0.25, 0.3) is 0 Å². The lowest BCUT2D eigenvalue weighted by molar-refractivity contribution is 0.394. The van der Waals surface area contributed by atoms with Gasteiger partial charge in [0.2, 0.25) is 0 Å². The van der Waals surface area contributed by atoms with Crippen LogP contribution in [0.5, 0.6) is 23.0 Å². The third-order valence-corrected chi connectivity index (χ3v) is 4.23. The average Bonchev–Trinajstić information content (AvgIpc) is 2.98. The van der Waals surface area contributed by atoms with Crippen molar-refractivity contribution in [1.29, 1.82) is 0 Å². The van der Waals surface area contributed by atoms with Gasteiger partial charge < -0.3 is 23.4 Å². The maximum atomic E-state index is 6.16. The van der Waals surface area contributed by atoms with Gasteiger partial charge in [0.15, 0.2) is 0 Å². The molecule has 5 nitrogen and oxygen atoms in total. The summed E-state index contributed by atoms with van der Waals surface area (Å²) in [6.07, 6.45) is 0. The fourth-order valence-corrected chi connectivity index (χ4v) is 3.00. The third-order valence-electron chi connectivity index (χ3n) is 4.23. The predicted octanol–water partition coefficient (Wildman–Crippen LogP) is 4.24. The fourth-order valence-electron chi connectivity index (χ4n) is 3.00. The van der Waals surface area contributed by atoms with Gasteiger partial charge in [0.05, 0.1) is 39.2 Å². The molecule has 2 aromatic carbocycles. The topological polar surface area (TPSA) is 50.1 Å². The zero-order valence-electron chi connectivity index (χ0n) is 14.2. The Balaban J connectivity index is 2.58. The van der Waals surface area contributed by atoms with E-state index in [0.717, 1.165) is 44.6 Å². The van der Waals surface area contributed by atoms with Gasteiger partial charge in [-0.1, -0.05) is 0 Å². The van der Waals surface area contributed by atoms with Crippen LogP contribution >= 0.6 is 0 Å². The standard InChI is InChI=1S/C18H20O5/c1-9-11(19-3)7-13(21-5)15-16-14(22-6)8-12(20-4)10(2)18(16)23-17(9)15/h7-8H,1-6H3. The van der Waals surface area contributed by atoms with Gasteiger partial charge in [-0.25, -0.2) is 0 Å². The van der Waals surface area contributed by atoms with E-state index in [2.05, 4.69) is 0 Å². The number of aryl methyl sites for hydroxylation is 2. The van der Waals surface area contributed by atoms with E-state index in [1.54, 1.807) is 28.4 Å². The highest BCUT2D eigenvalue weighted by molar-refractivity contribution is 6.14. The summed E-state index contributed by atoms with van der Waals surface area (Å²) in [5.74, 6) is 2.81. The van der Waals surface area contributed by atoms with Crippen LogP contribution in [0.3, 0.4) is 0 Å². The lowest BCUT2D eigenvalue weighted by Gasteiger charge is -2.10. The molecule has 0 aliphatic carbocycles. The quantitative estimate of drug-likeness (QED) is 0.720. The molecule has 23 heavy (non-hydrogen) atoms. The highest BCUT2D eigenvalue weighted by Gasteiger charge is 2.23. The normalized spacial score (nSPS) is 11.0. The minimum absolute atomic E-state index is 0.684. The lowest BCUT2D eigenvalue weighted by atomic mass is 10.0. The van der Waals surface area contributed by atoms with E-state index in [0.29, 0.717) is 11.5 Å². The van der Waals surface area contributed by atoms with Crippen molar-refractivity contribution in [2.45, 2.75) is 13.8 Å². The number of rotatable bonds is 4. The summed E-state index contributed by atoms with van der Waals surface area (Å²) in [4.78, 5) is 0. The van der Waals surface area contributed by atoms with Crippen molar-refractivity contribution in [3.63, 3.8) is 0 Å². The summed E-state index contributed by atoms with van der Waals surface area (Å²) >= 11 is 0. The summed E-state index contributed by atoms with van der Waals surface area (Å²) in [5, 5.41) is 1.76. The number of methoxy groups -OCH3 is 4. The number of hydrogen-bond donors (Lipinski definition) is 0. The second-order valence-electron chi connectivity index (χ2n) is 5.32. The Morgan fingerprint density at radius 1 is 0.609 bits per heavy atom. The molecule has 0 saturated carbocycles. The van der Waals surface area contributed by atoms with Gasteiger partial charge in [-0.2, -0.15) is 0 Å². The van der Waals surface area contributed by atoms with Gasteiger partial charge >= 0.3 is 0 Å². The summed E-state index contributed by atoms with van der Waals surface area (Å²) < 4.78 is 28.1. The summed E-state index contributed by atoms with van der Waals surface area (Å²) in [7, 11) is 6.52. The van der Waals surface area contributed by atoms with Crippen molar-refractivity contribution in [2.24, 2.45) is 0 Å². The van der Waals surface area contributed by atoms with Gasteiger partial charge in [-0.05, 0) is 13.8 Å². The van der Waals surface area contributed by atoms with Crippen molar-refractivity contribution in [2.75, 3.05) is 28.4 Å². The first kappa shape index (κ1) is 15.3. The number of ether oxygens (including phenoxy) is 4. The molecule has 0 radical (unpaired) electrons. The molecule has 0 amide bonds. The maximum Gasteiger partial charge on any atom is 0.145 e. The zero-order valence-corrected chi connectivity index (χ0v) is 14.2. The van der Waals surface area contributed by atoms with Crippen LogP contribution in [-0.4, -0.2) is 28.4 Å². The Kier molecular flexibility index (Phi) is 3.72. The molecule has 0 spiro atoms. The first-order valence-corrected chi connectivity index (χ1v) is 7.26. The highest BCUT2D eigenvalue weighted by Crippen LogP contribution is 2.47. The molecule has 122 valence electrons. The summed E-state index contributed by atoms with van der Waals surface area (Å²) in [6, 6.07) is 3.73. The smallest absolute Gasteiger partial charge is 0.145 e. The molecule has 0 aliphatic heterocycles. The maximum absolute atomic E-state index is 6.16. The van der Waals surface area contributed by atoms with E-state index in [1.807, 2.05) is 26.0 Å². The third kappa shape index (κ3) is 2.07. The lowest BCUT2D eigenvalue weighted by Crippen LogP contribution is -1.93. The van der Waals surface area contributed by atoms with E-state index in [-0.39, 0.29) is 0 Å². The second kappa shape index (κ2) is 5.57. The molecule has 0 aliphatic rings. The first-order chi connectivity index (χ1) is 11.1. The number of furan rings is 1. The molecule has 3 aromatic rings. The van der Waals surface area contributed by atoms with E-state index in [9.17, 15) is 0 Å². The molecular formula is C18H20O5. The van der Waals surface area contributed by atoms with Crippen molar-refractivity contribution in [1.82, 2.24) is 0 Å². The van der Waals surface area contributed by atoms with Crippen molar-refractivity contribution in [3.05, 3.63) is 23.3 Å². The molecule has 5 heteroatoms. The molecular weight excluding hydrogens is 296 g/mol. The van der Waals surface area contributed by atoms with E-state index in [1.165, 1.54) is 0 Å². The molecule has 0 N–H and O–H groups in total. The van der Waals surface area contributed by atoms with Crippen LogP contribution in [-0.2, 0) is 0 Å². The Morgan fingerprint density at radius 2 is 0.957 bits per heavy atom. The minimum Gasteiger partial charge on any atom is -0.496 e. The minimum atomic E-state index is 0.684. The zero-order chi connectivity index (χ0) is 16.7. The van der Waals surface area contributed by atoms with Crippen molar-refractivity contribution in [3.8, 4) is 23.0 Å². The Bertz CT molecular complexity index is 820. The van der Waals surface area contributed by atoms with Gasteiger partial charge in [0.1, 0.15) is 34.2 Å². The summed E-state index contributed by atoms with van der Waals surface area (Å²) in [6.45, 7) is 3.92. The van der Waals surface area contributed by atoms with E-state index >= 15 is 0 Å². The van der Waals surface area contributed by atoms with Crippen LogP contribution < -0.4 is 18.9 Å². The van der Waals surface area contributed by atoms with Crippen LogP contribution in [0.15, 0.2) is 16.5 Å². The van der Waals surface area contributed by atoms with E-state index in [4.69, 9.17) is 23.4 Å². The fraction of sp³-hybridized carbons (Fsp3) is 0.333. The van der Waals surface area contributed by atoms with Gasteiger partial charge in [0, 0.05) is 23.3 Å². The van der Waals surface area contributed by atoms with Gasteiger partial charge in [-0.3, -0.25) is 0 Å². The number of benzene rings is 2. The van der Waals surface area contributed by atoms with Crippen LogP contribution in [0, 0.1) is 13.8 Å². The first-order valence-electron chi connectivity index (χ1n) is 7.26. The molecule has 0 saturated heterocycles. The summed E-state index contributed by atoms with van der Waals surface area (Å²) in [5.41, 5.74) is 3.29. The average molecular weight is 316 g/mol. The van der Waals surface area contributed by atoms with Gasteiger partial charge in [-0.15, -0.1) is 0 Å². The largest absolute Gasteiger partial charge is 0.496 e. The SMILES string of the molecule is COc1cc(OC)c2c(oc3c(C)c(OC)cc(OC)c32)c1C. The molecule has 0 fully saturated rings. The number of hydrogen-bond acceptors (Lipinski definition) is 5. The molecule has 1 aromatic heterocycles. The van der Waals surface area contributed by atoms with Crippen molar-refractivity contribution < 1.29 is 23.4 Å². The van der Waals surface area contributed by atoms with Crippen LogP contribution in [0.2, 0.25) is 0 Å². The second-order valence-corrected chi connectivity index (χ2v) is 5.32. The van der Waals surface area contributed by atoms with Crippen molar-refractivity contribution >= 4 is 21.9 Å². The molecule has 0 unspecified atom stereocenters. The molecule has 0 atom stereocenters. The van der Waals surface area contributed by atoms with E-state index < -0.39 is 0 Å². The highest BCUT2D eigenvalue weighted by atomic mass is 16.5. The molecule has 0 bridgehead atoms. The number of fused-ring (bicyclic) bond motifs is 3. The Labute approximate surface area is 134 Å². The Hall–Kier alpha value is -2.56. The van der Waals surface area contributed by atoms with Crippen LogP contribution in [0.4, 0.5) is 0 Å². The Morgan fingerprint density at radius 3 is 1.26 bits per heavy atom. The van der Waals surface area contributed by atoms with Crippen LogP contribution in [0.1, 0.15) is 11.1 Å². The van der Waals surface area contributed by atoms with Crippen LogP contribution in [0.25, 0.3) is 21.9 Å². The molecule has 1 heterocycles.